The van der Waals surface area contributed by atoms with Gasteiger partial charge in [-0.1, -0.05) is 13.8 Å². The molecule has 0 aliphatic carbocycles. The molecule has 0 bridgehead atoms. The van der Waals surface area contributed by atoms with Crippen molar-refractivity contribution in [1.82, 2.24) is 19.8 Å². The predicted octanol–water partition coefficient (Wildman–Crippen LogP) is 1.38. The fourth-order valence-electron chi connectivity index (χ4n) is 3.27. The lowest BCUT2D eigenvalue weighted by Gasteiger charge is -2.39. The number of H-pyrrole nitrogens is 1. The molecule has 1 saturated heterocycles. The molecule has 0 saturated carbocycles. The molecule has 0 unspecified atom stereocenters. The third kappa shape index (κ3) is 3.37. The Morgan fingerprint density at radius 3 is 2.84 bits per heavy atom. The van der Waals surface area contributed by atoms with Crippen LogP contribution in [-0.4, -0.2) is 62.4 Å². The van der Waals surface area contributed by atoms with Crippen molar-refractivity contribution in [2.24, 2.45) is 5.92 Å². The standard InChI is InChI=1S/C18H24N4O3/c1-11(2)9-21-6-7-22(12(3)17(21)24)18(25)13-4-5-14-15(8-13)20-16(10-23)19-14/h4-5,8,11-12,23H,6-7,9-10H2,1-3H3,(H,19,20)/t12-/m0/s1. The molecule has 3 rings (SSSR count). The third-order valence-corrected chi connectivity index (χ3v) is 4.52. The molecular weight excluding hydrogens is 320 g/mol. The molecule has 0 radical (unpaired) electrons. The first-order valence-electron chi connectivity index (χ1n) is 8.60. The molecular formula is C18H24N4O3. The highest BCUT2D eigenvalue weighted by molar-refractivity contribution is 6.00. The molecule has 2 heterocycles. The smallest absolute Gasteiger partial charge is 0.254 e. The monoisotopic (exact) mass is 344 g/mol. The molecule has 7 nitrogen and oxygen atoms in total. The number of carbonyl (C=O) groups is 2. The summed E-state index contributed by atoms with van der Waals surface area (Å²) >= 11 is 0. The SMILES string of the molecule is CC(C)CN1CCN(C(=O)c2ccc3nc(CO)[nH]c3c2)[C@@H](C)C1=O. The molecule has 2 N–H and O–H groups in total. The molecule has 1 aliphatic heterocycles. The van der Waals surface area contributed by atoms with Gasteiger partial charge in [0.1, 0.15) is 18.5 Å². The summed E-state index contributed by atoms with van der Waals surface area (Å²) in [5.41, 5.74) is 1.91. The van der Waals surface area contributed by atoms with Crippen molar-refractivity contribution in [3.63, 3.8) is 0 Å². The van der Waals surface area contributed by atoms with Crippen LogP contribution in [0.2, 0.25) is 0 Å². The van der Waals surface area contributed by atoms with Gasteiger partial charge in [-0.05, 0) is 31.0 Å². The summed E-state index contributed by atoms with van der Waals surface area (Å²) < 4.78 is 0. The topological polar surface area (TPSA) is 89.5 Å². The minimum absolute atomic E-state index is 0.00140. The normalized spacial score (nSPS) is 18.4. The molecule has 2 aromatic rings. The van der Waals surface area contributed by atoms with E-state index in [1.807, 2.05) is 4.90 Å². The maximum Gasteiger partial charge on any atom is 0.254 e. The van der Waals surface area contributed by atoms with Crippen LogP contribution < -0.4 is 0 Å². The van der Waals surface area contributed by atoms with E-state index in [-0.39, 0.29) is 18.4 Å². The lowest BCUT2D eigenvalue weighted by atomic mass is 10.1. The first kappa shape index (κ1) is 17.4. The average molecular weight is 344 g/mol. The van der Waals surface area contributed by atoms with Crippen molar-refractivity contribution in [3.8, 4) is 0 Å². The largest absolute Gasteiger partial charge is 0.388 e. The predicted molar refractivity (Wildman–Crippen MR) is 93.9 cm³/mol. The van der Waals surface area contributed by atoms with E-state index >= 15 is 0 Å². The van der Waals surface area contributed by atoms with Gasteiger partial charge < -0.3 is 19.9 Å². The Morgan fingerprint density at radius 1 is 1.40 bits per heavy atom. The number of nitrogens with one attached hydrogen (secondary N) is 1. The number of aromatic amines is 1. The Hall–Kier alpha value is -2.41. The van der Waals surface area contributed by atoms with Crippen LogP contribution in [0, 0.1) is 5.92 Å². The van der Waals surface area contributed by atoms with Gasteiger partial charge in [0.2, 0.25) is 5.91 Å². The lowest BCUT2D eigenvalue weighted by Crippen LogP contribution is -2.58. The van der Waals surface area contributed by atoms with Crippen molar-refractivity contribution in [3.05, 3.63) is 29.6 Å². The van der Waals surface area contributed by atoms with Crippen LogP contribution in [0.4, 0.5) is 0 Å². The highest BCUT2D eigenvalue weighted by atomic mass is 16.3. The summed E-state index contributed by atoms with van der Waals surface area (Å²) in [6.07, 6.45) is 0. The average Bonchev–Trinajstić information content (AvgIpc) is 3.00. The van der Waals surface area contributed by atoms with Gasteiger partial charge in [0.25, 0.3) is 5.91 Å². The Morgan fingerprint density at radius 2 is 2.16 bits per heavy atom. The summed E-state index contributed by atoms with van der Waals surface area (Å²) in [6.45, 7) is 7.57. The van der Waals surface area contributed by atoms with Crippen LogP contribution in [0.5, 0.6) is 0 Å². The number of aromatic nitrogens is 2. The Kier molecular flexibility index (Phi) is 4.76. The van der Waals surface area contributed by atoms with Gasteiger partial charge >= 0.3 is 0 Å². The van der Waals surface area contributed by atoms with E-state index in [9.17, 15) is 9.59 Å². The second-order valence-electron chi connectivity index (χ2n) is 6.93. The van der Waals surface area contributed by atoms with Crippen LogP contribution >= 0.6 is 0 Å². The molecule has 7 heteroatoms. The van der Waals surface area contributed by atoms with Gasteiger partial charge in [0, 0.05) is 25.2 Å². The number of hydrogen-bond donors (Lipinski definition) is 2. The number of aliphatic hydroxyl groups excluding tert-OH is 1. The number of rotatable bonds is 4. The highest BCUT2D eigenvalue weighted by Crippen LogP contribution is 2.19. The van der Waals surface area contributed by atoms with Gasteiger partial charge in [-0.3, -0.25) is 9.59 Å². The van der Waals surface area contributed by atoms with E-state index in [4.69, 9.17) is 5.11 Å². The van der Waals surface area contributed by atoms with E-state index in [1.54, 1.807) is 30.0 Å². The number of nitrogens with zero attached hydrogens (tertiary/aromatic N) is 3. The summed E-state index contributed by atoms with van der Waals surface area (Å²) in [4.78, 5) is 36.1. The zero-order valence-electron chi connectivity index (χ0n) is 14.8. The van der Waals surface area contributed by atoms with Crippen molar-refractivity contribution in [1.29, 1.82) is 0 Å². The molecule has 2 amide bonds. The molecule has 1 atom stereocenters. The Bertz CT molecular complexity index is 799. The summed E-state index contributed by atoms with van der Waals surface area (Å²) in [5, 5.41) is 9.16. The molecule has 1 aromatic carbocycles. The molecule has 134 valence electrons. The second-order valence-corrected chi connectivity index (χ2v) is 6.93. The maximum atomic E-state index is 12.9. The van der Waals surface area contributed by atoms with Gasteiger partial charge in [-0.15, -0.1) is 0 Å². The molecule has 1 fully saturated rings. The van der Waals surface area contributed by atoms with Crippen LogP contribution in [0.3, 0.4) is 0 Å². The maximum absolute atomic E-state index is 12.9. The third-order valence-electron chi connectivity index (χ3n) is 4.52. The van der Waals surface area contributed by atoms with E-state index < -0.39 is 6.04 Å². The van der Waals surface area contributed by atoms with Gasteiger partial charge in [0.15, 0.2) is 0 Å². The van der Waals surface area contributed by atoms with Crippen molar-refractivity contribution >= 4 is 22.8 Å². The summed E-state index contributed by atoms with van der Waals surface area (Å²) in [6, 6.07) is 4.72. The number of hydrogen-bond acceptors (Lipinski definition) is 4. The Labute approximate surface area is 146 Å². The quantitative estimate of drug-likeness (QED) is 0.877. The van der Waals surface area contributed by atoms with Gasteiger partial charge in [-0.2, -0.15) is 0 Å². The molecule has 1 aromatic heterocycles. The number of carbonyl (C=O) groups excluding carboxylic acids is 2. The number of fused-ring (bicyclic) bond motifs is 1. The fraction of sp³-hybridized carbons (Fsp3) is 0.500. The van der Waals surface area contributed by atoms with Gasteiger partial charge in [0.05, 0.1) is 11.0 Å². The van der Waals surface area contributed by atoms with Crippen LogP contribution in [0.15, 0.2) is 18.2 Å². The summed E-state index contributed by atoms with van der Waals surface area (Å²) in [7, 11) is 0. The van der Waals surface area contributed by atoms with Gasteiger partial charge in [-0.25, -0.2) is 4.98 Å². The number of imidazole rings is 1. The number of benzene rings is 1. The van der Waals surface area contributed by atoms with Crippen LogP contribution in [0.1, 0.15) is 37.0 Å². The first-order chi connectivity index (χ1) is 11.9. The van der Waals surface area contributed by atoms with E-state index in [2.05, 4.69) is 23.8 Å². The number of piperazine rings is 1. The van der Waals surface area contributed by atoms with E-state index in [1.165, 1.54) is 0 Å². The molecule has 25 heavy (non-hydrogen) atoms. The van der Waals surface area contributed by atoms with E-state index in [0.717, 1.165) is 6.54 Å². The zero-order chi connectivity index (χ0) is 18.1. The minimum Gasteiger partial charge on any atom is -0.388 e. The first-order valence-corrected chi connectivity index (χ1v) is 8.60. The molecule has 1 aliphatic rings. The number of aliphatic hydroxyl groups is 1. The minimum atomic E-state index is -0.467. The fourth-order valence-corrected chi connectivity index (χ4v) is 3.27. The van der Waals surface area contributed by atoms with Crippen molar-refractivity contribution in [2.75, 3.05) is 19.6 Å². The second kappa shape index (κ2) is 6.84. The van der Waals surface area contributed by atoms with E-state index in [0.29, 0.717) is 41.4 Å². The van der Waals surface area contributed by atoms with Crippen LogP contribution in [0.25, 0.3) is 11.0 Å². The highest BCUT2D eigenvalue weighted by Gasteiger charge is 2.34. The Balaban J connectivity index is 1.80. The van der Waals surface area contributed by atoms with Crippen LogP contribution in [-0.2, 0) is 11.4 Å². The van der Waals surface area contributed by atoms with Crippen molar-refractivity contribution in [2.45, 2.75) is 33.4 Å². The zero-order valence-corrected chi connectivity index (χ0v) is 14.8. The molecule has 0 spiro atoms. The van der Waals surface area contributed by atoms with Crippen molar-refractivity contribution < 1.29 is 14.7 Å². The summed E-state index contributed by atoms with van der Waals surface area (Å²) in [5.74, 6) is 0.706. The lowest BCUT2D eigenvalue weighted by molar-refractivity contribution is -0.140. The number of amides is 2.